The summed E-state index contributed by atoms with van der Waals surface area (Å²) in [6.07, 6.45) is 4.65. The van der Waals surface area contributed by atoms with Gasteiger partial charge in [0.25, 0.3) is 0 Å². The second kappa shape index (κ2) is 8.57. The van der Waals surface area contributed by atoms with Gasteiger partial charge in [-0.3, -0.25) is 9.89 Å². The van der Waals surface area contributed by atoms with E-state index in [2.05, 4.69) is 103 Å². The zero-order valence-corrected chi connectivity index (χ0v) is 17.7. The van der Waals surface area contributed by atoms with Gasteiger partial charge in [0.05, 0.1) is 6.04 Å². The summed E-state index contributed by atoms with van der Waals surface area (Å²) in [5.41, 5.74) is 5.29. The fraction of sp³-hybridized carbons (Fsp3) is 0.321. The zero-order valence-electron chi connectivity index (χ0n) is 17.7. The van der Waals surface area contributed by atoms with Crippen LogP contribution in [-0.4, -0.2) is 36.3 Å². The standard InChI is InChI=1S/C28H30N2/c1-21-12-14-22(15-13-21)20-29-27-25-16-18-30(19-17-25)28(27)26(23-8-4-2-5-9-23)24-10-6-3-7-11-24/h2-15,20,25-28H,16-19H2,1H3/t27-,28-/m1/s1. The van der Waals surface area contributed by atoms with E-state index in [1.807, 2.05) is 0 Å². The van der Waals surface area contributed by atoms with Gasteiger partial charge in [-0.1, -0.05) is 90.5 Å². The molecule has 0 spiro atoms. The Kier molecular flexibility index (Phi) is 5.50. The van der Waals surface area contributed by atoms with E-state index >= 15 is 0 Å². The molecular formula is C28H30N2. The Morgan fingerprint density at radius 1 is 0.800 bits per heavy atom. The normalized spacial score (nSPS) is 25.8. The highest BCUT2D eigenvalue weighted by Crippen LogP contribution is 2.43. The van der Waals surface area contributed by atoms with Crippen molar-refractivity contribution in [1.29, 1.82) is 0 Å². The van der Waals surface area contributed by atoms with Crippen LogP contribution >= 0.6 is 0 Å². The summed E-state index contributed by atoms with van der Waals surface area (Å²) >= 11 is 0. The maximum Gasteiger partial charge on any atom is 0.0693 e. The second-order valence-corrected chi connectivity index (χ2v) is 8.84. The Labute approximate surface area is 180 Å². The first kappa shape index (κ1) is 19.3. The van der Waals surface area contributed by atoms with Gasteiger partial charge >= 0.3 is 0 Å². The topological polar surface area (TPSA) is 15.6 Å². The lowest BCUT2D eigenvalue weighted by Gasteiger charge is -2.52. The Morgan fingerprint density at radius 3 is 1.93 bits per heavy atom. The molecule has 3 aliphatic heterocycles. The number of aliphatic imine (C=N–C) groups is 1. The van der Waals surface area contributed by atoms with Gasteiger partial charge in [0.2, 0.25) is 0 Å². The number of piperidine rings is 3. The van der Waals surface area contributed by atoms with Crippen LogP contribution in [0.4, 0.5) is 0 Å². The molecule has 3 aliphatic rings. The third kappa shape index (κ3) is 3.85. The van der Waals surface area contributed by atoms with Crippen LogP contribution in [-0.2, 0) is 0 Å². The Balaban J connectivity index is 1.54. The molecule has 3 fully saturated rings. The molecule has 0 amide bonds. The highest BCUT2D eigenvalue weighted by atomic mass is 15.2. The van der Waals surface area contributed by atoms with E-state index < -0.39 is 0 Å². The molecule has 3 aromatic rings. The number of hydrogen-bond donors (Lipinski definition) is 0. The monoisotopic (exact) mass is 394 g/mol. The van der Waals surface area contributed by atoms with Crippen molar-refractivity contribution in [1.82, 2.24) is 4.90 Å². The fourth-order valence-corrected chi connectivity index (χ4v) is 5.40. The third-order valence-electron chi connectivity index (χ3n) is 6.96. The Morgan fingerprint density at radius 2 is 1.37 bits per heavy atom. The maximum atomic E-state index is 5.25. The molecule has 0 N–H and O–H groups in total. The van der Waals surface area contributed by atoms with Crippen LogP contribution < -0.4 is 0 Å². The van der Waals surface area contributed by atoms with Crippen LogP contribution in [0.5, 0.6) is 0 Å². The van der Waals surface area contributed by atoms with E-state index in [0.29, 0.717) is 23.9 Å². The molecule has 0 saturated carbocycles. The van der Waals surface area contributed by atoms with E-state index in [1.165, 1.54) is 48.2 Å². The molecule has 0 aliphatic carbocycles. The smallest absolute Gasteiger partial charge is 0.0693 e. The van der Waals surface area contributed by atoms with E-state index in [1.54, 1.807) is 0 Å². The lowest BCUT2D eigenvalue weighted by atomic mass is 9.71. The summed E-state index contributed by atoms with van der Waals surface area (Å²) in [5.74, 6) is 1.02. The zero-order chi connectivity index (χ0) is 20.3. The molecule has 0 radical (unpaired) electrons. The van der Waals surface area contributed by atoms with Gasteiger partial charge in [0, 0.05) is 18.2 Å². The van der Waals surface area contributed by atoms with Crippen molar-refractivity contribution in [3.63, 3.8) is 0 Å². The molecule has 2 bridgehead atoms. The van der Waals surface area contributed by atoms with Crippen molar-refractivity contribution >= 4 is 6.21 Å². The Hall–Kier alpha value is -2.71. The summed E-state index contributed by atoms with van der Waals surface area (Å²) in [6.45, 7) is 4.53. The molecule has 2 heteroatoms. The molecule has 3 saturated heterocycles. The molecule has 3 aromatic carbocycles. The minimum atomic E-state index is 0.333. The molecule has 30 heavy (non-hydrogen) atoms. The van der Waals surface area contributed by atoms with Crippen LogP contribution in [0.3, 0.4) is 0 Å². The molecular weight excluding hydrogens is 364 g/mol. The lowest BCUT2D eigenvalue weighted by Crippen LogP contribution is -2.59. The molecule has 2 atom stereocenters. The summed E-state index contributed by atoms with van der Waals surface area (Å²) in [4.78, 5) is 7.96. The largest absolute Gasteiger partial charge is 0.297 e. The van der Waals surface area contributed by atoms with Gasteiger partial charge in [-0.2, -0.15) is 0 Å². The minimum absolute atomic E-state index is 0.333. The number of nitrogens with zero attached hydrogens (tertiary/aromatic N) is 2. The van der Waals surface area contributed by atoms with Crippen LogP contribution in [0.15, 0.2) is 89.9 Å². The van der Waals surface area contributed by atoms with Crippen LogP contribution in [0.2, 0.25) is 0 Å². The predicted octanol–water partition coefficient (Wildman–Crippen LogP) is 5.71. The summed E-state index contributed by atoms with van der Waals surface area (Å²) in [6, 6.07) is 31.5. The van der Waals surface area contributed by atoms with Crippen molar-refractivity contribution in [3.05, 3.63) is 107 Å². The SMILES string of the molecule is Cc1ccc(C=N[C@@H]2C3CCN(CC3)[C@@H]2C(c2ccccc2)c2ccccc2)cc1. The summed E-state index contributed by atoms with van der Waals surface area (Å²) in [5, 5.41) is 0. The van der Waals surface area contributed by atoms with Gasteiger partial charge in [-0.15, -0.1) is 0 Å². The highest BCUT2D eigenvalue weighted by Gasteiger charge is 2.46. The number of aryl methyl sites for hydroxylation is 1. The average molecular weight is 395 g/mol. The molecule has 0 aromatic heterocycles. The molecule has 3 heterocycles. The number of hydrogen-bond acceptors (Lipinski definition) is 2. The number of rotatable bonds is 5. The summed E-state index contributed by atoms with van der Waals surface area (Å²) in [7, 11) is 0. The first-order valence-corrected chi connectivity index (χ1v) is 11.2. The fourth-order valence-electron chi connectivity index (χ4n) is 5.40. The predicted molar refractivity (Wildman–Crippen MR) is 125 cm³/mol. The van der Waals surface area contributed by atoms with Crippen molar-refractivity contribution in [2.75, 3.05) is 13.1 Å². The average Bonchev–Trinajstić information content (AvgIpc) is 2.82. The van der Waals surface area contributed by atoms with E-state index in [4.69, 9.17) is 4.99 Å². The van der Waals surface area contributed by atoms with Crippen LogP contribution in [0, 0.1) is 12.8 Å². The van der Waals surface area contributed by atoms with Crippen LogP contribution in [0.1, 0.15) is 41.0 Å². The molecule has 2 nitrogen and oxygen atoms in total. The van der Waals surface area contributed by atoms with E-state index in [9.17, 15) is 0 Å². The summed E-state index contributed by atoms with van der Waals surface area (Å²) < 4.78 is 0. The number of fused-ring (bicyclic) bond motifs is 3. The van der Waals surface area contributed by atoms with Crippen molar-refractivity contribution in [2.24, 2.45) is 10.9 Å². The van der Waals surface area contributed by atoms with Crippen molar-refractivity contribution < 1.29 is 0 Å². The first-order valence-electron chi connectivity index (χ1n) is 11.2. The quantitative estimate of drug-likeness (QED) is 0.506. The maximum absolute atomic E-state index is 5.25. The van der Waals surface area contributed by atoms with Gasteiger partial charge in [-0.05, 0) is 55.5 Å². The van der Waals surface area contributed by atoms with Crippen molar-refractivity contribution in [2.45, 2.75) is 37.8 Å². The first-order chi connectivity index (χ1) is 14.8. The molecule has 6 rings (SSSR count). The van der Waals surface area contributed by atoms with Crippen molar-refractivity contribution in [3.8, 4) is 0 Å². The van der Waals surface area contributed by atoms with Gasteiger partial charge < -0.3 is 0 Å². The Bertz CT molecular complexity index is 931. The number of benzene rings is 3. The van der Waals surface area contributed by atoms with Gasteiger partial charge in [0.1, 0.15) is 0 Å². The van der Waals surface area contributed by atoms with Gasteiger partial charge in [-0.25, -0.2) is 0 Å². The molecule has 0 unspecified atom stereocenters. The highest BCUT2D eigenvalue weighted by molar-refractivity contribution is 5.79. The minimum Gasteiger partial charge on any atom is -0.297 e. The van der Waals surface area contributed by atoms with Crippen LogP contribution in [0.25, 0.3) is 0 Å². The van der Waals surface area contributed by atoms with E-state index in [-0.39, 0.29) is 0 Å². The lowest BCUT2D eigenvalue weighted by molar-refractivity contribution is 0.0215. The van der Waals surface area contributed by atoms with Gasteiger partial charge in [0.15, 0.2) is 0 Å². The third-order valence-corrected chi connectivity index (χ3v) is 6.96. The molecule has 152 valence electrons. The second-order valence-electron chi connectivity index (χ2n) is 8.84. The van der Waals surface area contributed by atoms with E-state index in [0.717, 1.165) is 0 Å².